The molecule has 1 aliphatic rings. The van der Waals surface area contributed by atoms with Crippen LogP contribution in [0.3, 0.4) is 0 Å². The second-order valence-electron chi connectivity index (χ2n) is 4.87. The van der Waals surface area contributed by atoms with E-state index in [1.54, 1.807) is 13.8 Å². The first kappa shape index (κ1) is 14.3. The van der Waals surface area contributed by atoms with Gasteiger partial charge in [0, 0.05) is 12.1 Å². The van der Waals surface area contributed by atoms with Crippen molar-refractivity contribution in [2.75, 3.05) is 13.2 Å². The molecule has 20 heavy (non-hydrogen) atoms. The van der Waals surface area contributed by atoms with Crippen LogP contribution in [-0.2, 0) is 4.74 Å². The number of hydrogen-bond donors (Lipinski definition) is 0. The molecule has 1 aromatic rings. The molecule has 0 unspecified atom stereocenters. The number of rotatable bonds is 6. The molecule has 0 heterocycles. The lowest BCUT2D eigenvalue weighted by Gasteiger charge is -2.10. The van der Waals surface area contributed by atoms with Crippen molar-refractivity contribution in [3.05, 3.63) is 33.4 Å². The zero-order chi connectivity index (χ0) is 14.7. The number of carbonyl (C=O) groups excluding carboxylic acids is 1. The normalized spacial score (nSPS) is 13.9. The summed E-state index contributed by atoms with van der Waals surface area (Å²) in [6.07, 6.45) is 2.18. The largest absolute Gasteiger partial charge is 0.487 e. The van der Waals surface area contributed by atoms with Crippen LogP contribution in [-0.4, -0.2) is 24.1 Å². The van der Waals surface area contributed by atoms with E-state index in [9.17, 15) is 14.9 Å². The number of esters is 1. The maximum atomic E-state index is 11.8. The van der Waals surface area contributed by atoms with Gasteiger partial charge in [-0.05, 0) is 38.2 Å². The lowest BCUT2D eigenvalue weighted by atomic mass is 10.1. The number of benzene rings is 1. The first-order valence-corrected chi connectivity index (χ1v) is 6.62. The van der Waals surface area contributed by atoms with Gasteiger partial charge in [0.25, 0.3) is 0 Å². The molecular formula is C14H17NO5. The van der Waals surface area contributed by atoms with E-state index in [2.05, 4.69) is 0 Å². The molecule has 0 saturated heterocycles. The van der Waals surface area contributed by atoms with Gasteiger partial charge < -0.3 is 9.47 Å². The molecule has 1 aliphatic carbocycles. The van der Waals surface area contributed by atoms with Gasteiger partial charge in [-0.2, -0.15) is 0 Å². The summed E-state index contributed by atoms with van der Waals surface area (Å²) in [5, 5.41) is 11.1. The molecule has 1 aromatic carbocycles. The highest BCUT2D eigenvalue weighted by atomic mass is 16.6. The minimum Gasteiger partial charge on any atom is -0.487 e. The average molecular weight is 279 g/mol. The summed E-state index contributed by atoms with van der Waals surface area (Å²) < 4.78 is 10.4. The molecule has 0 N–H and O–H groups in total. The maximum Gasteiger partial charge on any atom is 0.338 e. The number of aryl methyl sites for hydroxylation is 1. The van der Waals surface area contributed by atoms with E-state index in [4.69, 9.17) is 9.47 Å². The molecule has 1 saturated carbocycles. The SMILES string of the molecule is CCOC(=O)c1cc(OCC2CC2)c([N+](=O)[O-])cc1C. The van der Waals surface area contributed by atoms with Crippen LogP contribution < -0.4 is 4.74 Å². The van der Waals surface area contributed by atoms with Crippen LogP contribution in [0.25, 0.3) is 0 Å². The third-order valence-corrected chi connectivity index (χ3v) is 3.17. The molecular weight excluding hydrogens is 262 g/mol. The summed E-state index contributed by atoms with van der Waals surface area (Å²) >= 11 is 0. The Hall–Kier alpha value is -2.11. The van der Waals surface area contributed by atoms with Crippen molar-refractivity contribution in [2.45, 2.75) is 26.7 Å². The molecule has 0 aromatic heterocycles. The van der Waals surface area contributed by atoms with Crippen LogP contribution in [0.1, 0.15) is 35.7 Å². The average Bonchev–Trinajstić information content (AvgIpc) is 3.21. The van der Waals surface area contributed by atoms with Crippen LogP contribution in [0.2, 0.25) is 0 Å². The fourth-order valence-electron chi connectivity index (χ4n) is 1.85. The molecule has 0 spiro atoms. The van der Waals surface area contributed by atoms with Gasteiger partial charge in [-0.3, -0.25) is 10.1 Å². The van der Waals surface area contributed by atoms with E-state index in [-0.39, 0.29) is 18.0 Å². The molecule has 0 atom stereocenters. The molecule has 0 radical (unpaired) electrons. The second-order valence-corrected chi connectivity index (χ2v) is 4.87. The Morgan fingerprint density at radius 2 is 2.15 bits per heavy atom. The van der Waals surface area contributed by atoms with Crippen LogP contribution in [0.4, 0.5) is 5.69 Å². The van der Waals surface area contributed by atoms with E-state index >= 15 is 0 Å². The molecule has 6 heteroatoms. The van der Waals surface area contributed by atoms with Gasteiger partial charge in [0.2, 0.25) is 0 Å². The van der Waals surface area contributed by atoms with E-state index in [1.807, 2.05) is 0 Å². The first-order valence-electron chi connectivity index (χ1n) is 6.62. The minimum absolute atomic E-state index is 0.115. The summed E-state index contributed by atoms with van der Waals surface area (Å²) in [5.74, 6) is 0.119. The Kier molecular flexibility index (Phi) is 4.22. The van der Waals surface area contributed by atoms with E-state index in [0.717, 1.165) is 12.8 Å². The van der Waals surface area contributed by atoms with Gasteiger partial charge in [0.15, 0.2) is 5.75 Å². The Bertz CT molecular complexity index is 537. The molecule has 1 fully saturated rings. The van der Waals surface area contributed by atoms with Gasteiger partial charge in [-0.1, -0.05) is 0 Å². The van der Waals surface area contributed by atoms with Gasteiger partial charge >= 0.3 is 11.7 Å². The number of nitro groups is 1. The van der Waals surface area contributed by atoms with Gasteiger partial charge in [0.1, 0.15) is 0 Å². The quantitative estimate of drug-likeness (QED) is 0.454. The standard InChI is InChI=1S/C14H17NO5/c1-3-19-14(16)11-7-13(20-8-10-4-5-10)12(15(17)18)6-9(11)2/h6-7,10H,3-5,8H2,1-2H3. The third-order valence-electron chi connectivity index (χ3n) is 3.17. The first-order chi connectivity index (χ1) is 9.52. The Morgan fingerprint density at radius 3 is 2.70 bits per heavy atom. The molecule has 2 rings (SSSR count). The fraction of sp³-hybridized carbons (Fsp3) is 0.500. The Labute approximate surface area is 116 Å². The number of ether oxygens (including phenoxy) is 2. The van der Waals surface area contributed by atoms with E-state index < -0.39 is 10.9 Å². The molecule has 108 valence electrons. The van der Waals surface area contributed by atoms with Crippen LogP contribution >= 0.6 is 0 Å². The highest BCUT2D eigenvalue weighted by Gasteiger charge is 2.26. The third kappa shape index (κ3) is 3.26. The highest BCUT2D eigenvalue weighted by Crippen LogP contribution is 2.34. The van der Waals surface area contributed by atoms with E-state index in [0.29, 0.717) is 23.7 Å². The zero-order valence-corrected chi connectivity index (χ0v) is 11.5. The predicted molar refractivity (Wildman–Crippen MR) is 72.0 cm³/mol. The summed E-state index contributed by atoms with van der Waals surface area (Å²) in [6, 6.07) is 2.77. The summed E-state index contributed by atoms with van der Waals surface area (Å²) in [7, 11) is 0. The predicted octanol–water partition coefficient (Wildman–Crippen LogP) is 2.87. The minimum atomic E-state index is -0.496. The zero-order valence-electron chi connectivity index (χ0n) is 11.5. The number of hydrogen-bond acceptors (Lipinski definition) is 5. The summed E-state index contributed by atoms with van der Waals surface area (Å²) in [4.78, 5) is 22.4. The maximum absolute atomic E-state index is 11.8. The summed E-state index contributed by atoms with van der Waals surface area (Å²) in [6.45, 7) is 4.06. The lowest BCUT2D eigenvalue weighted by Crippen LogP contribution is -2.09. The van der Waals surface area contributed by atoms with Crippen molar-refractivity contribution in [3.63, 3.8) is 0 Å². The Morgan fingerprint density at radius 1 is 1.45 bits per heavy atom. The van der Waals surface area contributed by atoms with E-state index in [1.165, 1.54) is 12.1 Å². The highest BCUT2D eigenvalue weighted by molar-refractivity contribution is 5.92. The second kappa shape index (κ2) is 5.90. The van der Waals surface area contributed by atoms with Gasteiger partial charge in [-0.15, -0.1) is 0 Å². The number of nitrogens with zero attached hydrogens (tertiary/aromatic N) is 1. The summed E-state index contributed by atoms with van der Waals surface area (Å²) in [5.41, 5.74) is 0.702. The van der Waals surface area contributed by atoms with Crippen LogP contribution in [0.15, 0.2) is 12.1 Å². The van der Waals surface area contributed by atoms with Gasteiger partial charge in [0.05, 0.1) is 23.7 Å². The van der Waals surface area contributed by atoms with Crippen molar-refractivity contribution < 1.29 is 19.2 Å². The lowest BCUT2D eigenvalue weighted by molar-refractivity contribution is -0.385. The molecule has 0 aliphatic heterocycles. The van der Waals surface area contributed by atoms with Crippen LogP contribution in [0, 0.1) is 23.0 Å². The van der Waals surface area contributed by atoms with Crippen LogP contribution in [0.5, 0.6) is 5.75 Å². The molecule has 6 nitrogen and oxygen atoms in total. The number of nitro benzene ring substituents is 1. The fourth-order valence-corrected chi connectivity index (χ4v) is 1.85. The Balaban J connectivity index is 2.30. The molecule has 0 amide bonds. The van der Waals surface area contributed by atoms with Crippen molar-refractivity contribution >= 4 is 11.7 Å². The smallest absolute Gasteiger partial charge is 0.338 e. The molecule has 0 bridgehead atoms. The van der Waals surface area contributed by atoms with Gasteiger partial charge in [-0.25, -0.2) is 4.79 Å². The van der Waals surface area contributed by atoms with Crippen molar-refractivity contribution in [1.82, 2.24) is 0 Å². The van der Waals surface area contributed by atoms with Crippen molar-refractivity contribution in [3.8, 4) is 5.75 Å². The number of carbonyl (C=O) groups is 1. The topological polar surface area (TPSA) is 78.7 Å². The van der Waals surface area contributed by atoms with Crippen molar-refractivity contribution in [1.29, 1.82) is 0 Å². The monoisotopic (exact) mass is 279 g/mol. The van der Waals surface area contributed by atoms with Crippen molar-refractivity contribution in [2.24, 2.45) is 5.92 Å².